The van der Waals surface area contributed by atoms with Crippen LogP contribution in [0.15, 0.2) is 58.3 Å². The summed E-state index contributed by atoms with van der Waals surface area (Å²) in [5.41, 5.74) is 4.59. The summed E-state index contributed by atoms with van der Waals surface area (Å²) in [6.45, 7) is 5.20. The number of rotatable bonds is 3. The Morgan fingerprint density at radius 3 is 3.00 bits per heavy atom. The molecule has 150 valence electrons. The van der Waals surface area contributed by atoms with Gasteiger partial charge < -0.3 is 14.6 Å². The number of amidine groups is 1. The van der Waals surface area contributed by atoms with Gasteiger partial charge in [-0.1, -0.05) is 12.1 Å². The van der Waals surface area contributed by atoms with Crippen molar-refractivity contribution >= 4 is 33.5 Å². The van der Waals surface area contributed by atoms with E-state index in [1.807, 2.05) is 6.26 Å². The lowest BCUT2D eigenvalue weighted by Crippen LogP contribution is -2.53. The fourth-order valence-corrected chi connectivity index (χ4v) is 5.13. The molecule has 5 nitrogen and oxygen atoms in total. The van der Waals surface area contributed by atoms with Crippen molar-refractivity contribution in [2.24, 2.45) is 4.99 Å². The Labute approximate surface area is 175 Å². The van der Waals surface area contributed by atoms with E-state index in [2.05, 4.69) is 65.5 Å². The molecule has 4 heterocycles. The lowest BCUT2D eigenvalue weighted by molar-refractivity contribution is 0.134. The van der Waals surface area contributed by atoms with Crippen LogP contribution in [-0.4, -0.2) is 48.4 Å². The Balaban J connectivity index is 1.44. The van der Waals surface area contributed by atoms with Gasteiger partial charge in [-0.25, -0.2) is 4.99 Å². The minimum atomic E-state index is 0.496. The number of piperazine rings is 1. The number of aryl methyl sites for hydroxylation is 2. The molecule has 0 amide bonds. The van der Waals surface area contributed by atoms with Gasteiger partial charge in [-0.2, -0.15) is 0 Å². The molecule has 29 heavy (non-hydrogen) atoms. The van der Waals surface area contributed by atoms with Crippen LogP contribution in [-0.2, 0) is 6.42 Å². The second-order valence-corrected chi connectivity index (χ2v) is 9.18. The number of hydrogen-bond acceptors (Lipinski definition) is 6. The van der Waals surface area contributed by atoms with Gasteiger partial charge >= 0.3 is 0 Å². The van der Waals surface area contributed by atoms with E-state index in [4.69, 9.17) is 9.41 Å². The molecule has 2 aliphatic rings. The molecule has 0 saturated carbocycles. The molecule has 6 heteroatoms. The van der Waals surface area contributed by atoms with E-state index in [-0.39, 0.29) is 0 Å². The van der Waals surface area contributed by atoms with Crippen LogP contribution in [0.3, 0.4) is 0 Å². The fourth-order valence-electron chi connectivity index (χ4n) is 4.21. The van der Waals surface area contributed by atoms with Crippen molar-refractivity contribution in [2.45, 2.75) is 25.8 Å². The maximum absolute atomic E-state index is 5.24. The molecule has 1 N–H and O–H groups in total. The van der Waals surface area contributed by atoms with E-state index >= 15 is 0 Å². The zero-order chi connectivity index (χ0) is 19.8. The third-order valence-corrected chi connectivity index (χ3v) is 6.86. The first-order chi connectivity index (χ1) is 14.2. The lowest BCUT2D eigenvalue weighted by Gasteiger charge is -2.41. The number of thiophene rings is 1. The molecule has 0 unspecified atom stereocenters. The summed E-state index contributed by atoms with van der Waals surface area (Å²) in [5.74, 6) is 1.10. The fraction of sp³-hybridized carbons (Fsp3) is 0.348. The van der Waals surface area contributed by atoms with E-state index in [1.165, 1.54) is 21.0 Å². The number of para-hydroxylation sites is 2. The number of anilines is 2. The van der Waals surface area contributed by atoms with Crippen LogP contribution >= 0.6 is 11.3 Å². The largest absolute Gasteiger partial charge is 0.472 e. The van der Waals surface area contributed by atoms with Gasteiger partial charge in [0.25, 0.3) is 0 Å². The van der Waals surface area contributed by atoms with Gasteiger partial charge in [0.1, 0.15) is 10.8 Å². The summed E-state index contributed by atoms with van der Waals surface area (Å²) in [5, 5.41) is 4.81. The maximum Gasteiger partial charge on any atom is 0.139 e. The number of fused-ring (bicyclic) bond motifs is 2. The van der Waals surface area contributed by atoms with Crippen molar-refractivity contribution in [1.82, 2.24) is 9.80 Å². The summed E-state index contributed by atoms with van der Waals surface area (Å²) in [6, 6.07) is 13.2. The minimum absolute atomic E-state index is 0.496. The summed E-state index contributed by atoms with van der Waals surface area (Å²) in [7, 11) is 2.24. The van der Waals surface area contributed by atoms with Gasteiger partial charge in [-0.05, 0) is 56.6 Å². The van der Waals surface area contributed by atoms with Crippen molar-refractivity contribution < 1.29 is 4.42 Å². The first-order valence-electron chi connectivity index (χ1n) is 10.2. The quantitative estimate of drug-likeness (QED) is 0.662. The first kappa shape index (κ1) is 18.5. The molecule has 1 fully saturated rings. The maximum atomic E-state index is 5.24. The second kappa shape index (κ2) is 7.69. The molecule has 1 aromatic carbocycles. The molecule has 1 atom stereocenters. The highest BCUT2D eigenvalue weighted by atomic mass is 32.1. The zero-order valence-electron chi connectivity index (χ0n) is 16.9. The third-order valence-electron chi connectivity index (χ3n) is 5.90. The van der Waals surface area contributed by atoms with Crippen LogP contribution in [0.2, 0.25) is 0 Å². The van der Waals surface area contributed by atoms with Crippen LogP contribution in [0.25, 0.3) is 0 Å². The van der Waals surface area contributed by atoms with Crippen LogP contribution < -0.4 is 5.32 Å². The Kier molecular flexibility index (Phi) is 4.89. The normalized spacial score (nSPS) is 19.2. The molecule has 0 aliphatic carbocycles. The average Bonchev–Trinajstić information content (AvgIpc) is 3.33. The topological polar surface area (TPSA) is 44.0 Å². The molecule has 0 bridgehead atoms. The van der Waals surface area contributed by atoms with Gasteiger partial charge in [0.05, 0.1) is 29.5 Å². The van der Waals surface area contributed by atoms with E-state index < -0.39 is 0 Å². The highest BCUT2D eigenvalue weighted by Gasteiger charge is 2.29. The summed E-state index contributed by atoms with van der Waals surface area (Å²) < 4.78 is 5.24. The highest BCUT2D eigenvalue weighted by Crippen LogP contribution is 2.39. The second-order valence-electron chi connectivity index (χ2n) is 7.93. The number of likely N-dealkylation sites (N-methyl/N-ethyl adjacent to an activating group) is 1. The molecule has 3 aromatic rings. The third kappa shape index (κ3) is 3.70. The predicted molar refractivity (Wildman–Crippen MR) is 120 cm³/mol. The highest BCUT2D eigenvalue weighted by molar-refractivity contribution is 7.16. The summed E-state index contributed by atoms with van der Waals surface area (Å²) in [4.78, 5) is 11.4. The van der Waals surface area contributed by atoms with Crippen molar-refractivity contribution in [2.75, 3.05) is 32.0 Å². The molecule has 5 rings (SSSR count). The van der Waals surface area contributed by atoms with Gasteiger partial charge in [0.15, 0.2) is 0 Å². The molecular formula is C23H26N4OS. The Morgan fingerprint density at radius 1 is 1.24 bits per heavy atom. The molecule has 0 spiro atoms. The van der Waals surface area contributed by atoms with Gasteiger partial charge in [0, 0.05) is 30.6 Å². The Morgan fingerprint density at radius 2 is 2.14 bits per heavy atom. The van der Waals surface area contributed by atoms with Crippen molar-refractivity contribution in [3.63, 3.8) is 0 Å². The minimum Gasteiger partial charge on any atom is -0.472 e. The number of nitrogens with zero attached hydrogens (tertiary/aromatic N) is 3. The van der Waals surface area contributed by atoms with Crippen LogP contribution in [0, 0.1) is 6.92 Å². The van der Waals surface area contributed by atoms with E-state index in [0.717, 1.165) is 49.7 Å². The van der Waals surface area contributed by atoms with Crippen LogP contribution in [0.4, 0.5) is 16.4 Å². The number of furan rings is 1. The standard InChI is InChI=1S/C23H26N4OS/c1-16-13-19-22(24-20-5-3-4-6-21(20)25-23(19)29-16)27-11-10-26(2)18(14-27)8-7-17-9-12-28-15-17/h3-6,9,12-13,15,18,25H,7-8,10-11,14H2,1-2H3/t18-/m0/s1. The van der Waals surface area contributed by atoms with Gasteiger partial charge in [0.2, 0.25) is 0 Å². The predicted octanol–water partition coefficient (Wildman–Crippen LogP) is 5.03. The summed E-state index contributed by atoms with van der Waals surface area (Å²) in [6.07, 6.45) is 5.78. The van der Waals surface area contributed by atoms with Crippen LogP contribution in [0.1, 0.15) is 22.4 Å². The van der Waals surface area contributed by atoms with Gasteiger partial charge in [-0.3, -0.25) is 4.90 Å². The lowest BCUT2D eigenvalue weighted by atomic mass is 10.0. The Bertz CT molecular complexity index is 1020. The first-order valence-corrected chi connectivity index (χ1v) is 11.0. The molecular weight excluding hydrogens is 380 g/mol. The molecule has 2 aromatic heterocycles. The molecule has 2 aliphatic heterocycles. The number of benzene rings is 1. The number of aliphatic imine (C=N–C) groups is 1. The number of nitrogens with one attached hydrogen (secondary N) is 1. The smallest absolute Gasteiger partial charge is 0.139 e. The Hall–Kier alpha value is -2.57. The van der Waals surface area contributed by atoms with Crippen LogP contribution in [0.5, 0.6) is 0 Å². The summed E-state index contributed by atoms with van der Waals surface area (Å²) >= 11 is 1.81. The van der Waals surface area contributed by atoms with Crippen molar-refractivity contribution in [1.29, 1.82) is 0 Å². The van der Waals surface area contributed by atoms with E-state index in [9.17, 15) is 0 Å². The average molecular weight is 407 g/mol. The SMILES string of the molecule is Cc1cc2c(s1)Nc1ccccc1N=C2N1CCN(C)[C@@H](CCc2ccoc2)C1. The van der Waals surface area contributed by atoms with Crippen molar-refractivity contribution in [3.05, 3.63) is 64.9 Å². The number of hydrogen-bond donors (Lipinski definition) is 1. The van der Waals surface area contributed by atoms with Gasteiger partial charge in [-0.15, -0.1) is 11.3 Å². The molecule has 1 saturated heterocycles. The van der Waals surface area contributed by atoms with E-state index in [0.29, 0.717) is 6.04 Å². The van der Waals surface area contributed by atoms with Crippen molar-refractivity contribution in [3.8, 4) is 0 Å². The monoisotopic (exact) mass is 406 g/mol. The molecule has 0 radical (unpaired) electrons. The zero-order valence-corrected chi connectivity index (χ0v) is 17.7. The van der Waals surface area contributed by atoms with E-state index in [1.54, 1.807) is 17.6 Å².